The van der Waals surface area contributed by atoms with Gasteiger partial charge in [0.15, 0.2) is 5.82 Å². The highest BCUT2D eigenvalue weighted by molar-refractivity contribution is 5.83. The van der Waals surface area contributed by atoms with E-state index in [2.05, 4.69) is 51.4 Å². The number of nitrogens with zero attached hydrogens (tertiary/aromatic N) is 5. The molecule has 34 heavy (non-hydrogen) atoms. The highest BCUT2D eigenvalue weighted by Crippen LogP contribution is 2.32. The fourth-order valence-electron chi connectivity index (χ4n) is 5.28. The molecule has 1 aliphatic carbocycles. The molecule has 0 unspecified atom stereocenters. The molecule has 0 amide bonds. The van der Waals surface area contributed by atoms with Gasteiger partial charge in [0.05, 0.1) is 17.6 Å². The summed E-state index contributed by atoms with van der Waals surface area (Å²) in [5.74, 6) is 0.885. The van der Waals surface area contributed by atoms with Gasteiger partial charge in [-0.3, -0.25) is 9.69 Å². The predicted octanol–water partition coefficient (Wildman–Crippen LogP) is 4.36. The van der Waals surface area contributed by atoms with Crippen molar-refractivity contribution in [3.8, 4) is 0 Å². The molecule has 2 heterocycles. The first-order valence-electron chi connectivity index (χ1n) is 12.8. The van der Waals surface area contributed by atoms with E-state index in [1.165, 1.54) is 19.3 Å². The van der Waals surface area contributed by atoms with E-state index in [0.29, 0.717) is 25.6 Å². The van der Waals surface area contributed by atoms with Crippen molar-refractivity contribution in [1.82, 2.24) is 30.1 Å². The van der Waals surface area contributed by atoms with Crippen LogP contribution >= 0.6 is 0 Å². The molecular weight excluding hydrogens is 428 g/mol. The Balaban J connectivity index is 1.69. The summed E-state index contributed by atoms with van der Waals surface area (Å²) in [5.41, 5.74) is 3.85. The Bertz CT molecular complexity index is 1150. The molecule has 0 radical (unpaired) electrons. The zero-order chi connectivity index (χ0) is 24.1. The SMILES string of the molecule is CCC[C@H](c1nnnn1C1CCCCC1)N(CCCO)Cc1cc2ccc(C)c(C)c2[nH]c1=O. The van der Waals surface area contributed by atoms with Crippen molar-refractivity contribution in [3.05, 3.63) is 51.1 Å². The van der Waals surface area contributed by atoms with Gasteiger partial charge in [0.25, 0.3) is 5.56 Å². The number of nitrogens with one attached hydrogen (secondary N) is 1. The third-order valence-corrected chi connectivity index (χ3v) is 7.34. The van der Waals surface area contributed by atoms with Crippen LogP contribution in [0.2, 0.25) is 0 Å². The monoisotopic (exact) mass is 466 g/mol. The van der Waals surface area contributed by atoms with E-state index in [4.69, 9.17) is 0 Å². The number of hydrogen-bond donors (Lipinski definition) is 2. The molecule has 8 heteroatoms. The lowest BCUT2D eigenvalue weighted by atomic mass is 9.95. The quantitative estimate of drug-likeness (QED) is 0.460. The minimum absolute atomic E-state index is 0.0108. The number of aromatic amines is 1. The Morgan fingerprint density at radius 3 is 2.76 bits per heavy atom. The predicted molar refractivity (Wildman–Crippen MR) is 134 cm³/mol. The summed E-state index contributed by atoms with van der Waals surface area (Å²) in [6.07, 6.45) is 8.41. The molecule has 4 rings (SSSR count). The van der Waals surface area contributed by atoms with Gasteiger partial charge in [-0.25, -0.2) is 4.68 Å². The minimum atomic E-state index is -0.0580. The first-order chi connectivity index (χ1) is 16.5. The molecule has 184 valence electrons. The minimum Gasteiger partial charge on any atom is -0.396 e. The number of hydrogen-bond acceptors (Lipinski definition) is 6. The van der Waals surface area contributed by atoms with Gasteiger partial charge in [0.2, 0.25) is 0 Å². The van der Waals surface area contributed by atoms with Crippen LogP contribution in [-0.4, -0.2) is 48.3 Å². The second-order valence-corrected chi connectivity index (χ2v) is 9.72. The number of fused-ring (bicyclic) bond motifs is 1. The van der Waals surface area contributed by atoms with Crippen LogP contribution in [0, 0.1) is 13.8 Å². The number of aliphatic hydroxyl groups excluding tert-OH is 1. The molecule has 3 aromatic rings. The van der Waals surface area contributed by atoms with Crippen LogP contribution < -0.4 is 5.56 Å². The fraction of sp³-hybridized carbons (Fsp3) is 0.615. The Morgan fingerprint density at radius 1 is 1.24 bits per heavy atom. The van der Waals surface area contributed by atoms with Gasteiger partial charge in [0.1, 0.15) is 0 Å². The smallest absolute Gasteiger partial charge is 0.252 e. The first-order valence-corrected chi connectivity index (χ1v) is 12.8. The van der Waals surface area contributed by atoms with E-state index in [1.54, 1.807) is 0 Å². The van der Waals surface area contributed by atoms with Crippen molar-refractivity contribution in [1.29, 1.82) is 0 Å². The summed E-state index contributed by atoms with van der Waals surface area (Å²) in [4.78, 5) is 18.5. The molecule has 0 aliphatic heterocycles. The molecule has 2 aromatic heterocycles. The van der Waals surface area contributed by atoms with Gasteiger partial charge >= 0.3 is 0 Å². The topological polar surface area (TPSA) is 99.9 Å². The summed E-state index contributed by atoms with van der Waals surface area (Å²) in [5, 5.41) is 23.6. The van der Waals surface area contributed by atoms with Crippen LogP contribution in [0.3, 0.4) is 0 Å². The van der Waals surface area contributed by atoms with Crippen molar-refractivity contribution in [2.75, 3.05) is 13.2 Å². The summed E-state index contributed by atoms with van der Waals surface area (Å²) < 4.78 is 2.04. The maximum Gasteiger partial charge on any atom is 0.252 e. The Labute approximate surface area is 201 Å². The van der Waals surface area contributed by atoms with Gasteiger partial charge in [-0.1, -0.05) is 44.7 Å². The summed E-state index contributed by atoms with van der Waals surface area (Å²) in [7, 11) is 0. The molecule has 0 bridgehead atoms. The van der Waals surface area contributed by atoms with Gasteiger partial charge in [-0.2, -0.15) is 0 Å². The number of H-pyrrole nitrogens is 1. The molecule has 1 fully saturated rings. The van der Waals surface area contributed by atoms with E-state index < -0.39 is 0 Å². The van der Waals surface area contributed by atoms with Gasteiger partial charge in [0, 0.05) is 25.3 Å². The van der Waals surface area contributed by atoms with Crippen molar-refractivity contribution in [3.63, 3.8) is 0 Å². The lowest BCUT2D eigenvalue weighted by Gasteiger charge is -2.32. The maximum atomic E-state index is 13.1. The zero-order valence-corrected chi connectivity index (χ0v) is 20.8. The lowest BCUT2D eigenvalue weighted by molar-refractivity contribution is 0.143. The lowest BCUT2D eigenvalue weighted by Crippen LogP contribution is -2.34. The average Bonchev–Trinajstić information content (AvgIpc) is 3.34. The van der Waals surface area contributed by atoms with E-state index >= 15 is 0 Å². The third kappa shape index (κ3) is 5.23. The molecule has 1 aromatic carbocycles. The molecule has 0 spiro atoms. The third-order valence-electron chi connectivity index (χ3n) is 7.34. The standard InChI is InChI=1S/C26H38N6O2/c1-4-9-23(25-28-29-30-32(25)22-10-6-5-7-11-22)31(14-8-15-33)17-21-16-20-13-12-18(2)19(3)24(20)27-26(21)34/h12-13,16,22-23,33H,4-11,14-15,17H2,1-3H3,(H,27,34)/t23-/m1/s1. The number of aliphatic hydroxyl groups is 1. The molecule has 1 aliphatic rings. The number of aryl methyl sites for hydroxylation is 2. The fourth-order valence-corrected chi connectivity index (χ4v) is 5.28. The highest BCUT2D eigenvalue weighted by atomic mass is 16.3. The number of tetrazole rings is 1. The summed E-state index contributed by atoms with van der Waals surface area (Å²) >= 11 is 0. The van der Waals surface area contributed by atoms with Gasteiger partial charge < -0.3 is 10.1 Å². The van der Waals surface area contributed by atoms with Crippen LogP contribution in [-0.2, 0) is 6.54 Å². The number of aromatic nitrogens is 5. The van der Waals surface area contributed by atoms with Crippen LogP contribution in [0.1, 0.15) is 92.9 Å². The normalized spacial score (nSPS) is 15.9. The Morgan fingerprint density at radius 2 is 2.03 bits per heavy atom. The van der Waals surface area contributed by atoms with Crippen molar-refractivity contribution < 1.29 is 5.11 Å². The summed E-state index contributed by atoms with van der Waals surface area (Å²) in [6, 6.07) is 6.51. The molecule has 0 saturated heterocycles. The second kappa shape index (κ2) is 11.2. The zero-order valence-electron chi connectivity index (χ0n) is 20.8. The van der Waals surface area contributed by atoms with Crippen LogP contribution in [0.15, 0.2) is 23.0 Å². The Hall–Kier alpha value is -2.58. The average molecular weight is 467 g/mol. The van der Waals surface area contributed by atoms with Crippen molar-refractivity contribution >= 4 is 10.9 Å². The molecule has 8 nitrogen and oxygen atoms in total. The van der Waals surface area contributed by atoms with Crippen molar-refractivity contribution in [2.24, 2.45) is 0 Å². The van der Waals surface area contributed by atoms with Crippen LogP contribution in [0.5, 0.6) is 0 Å². The summed E-state index contributed by atoms with van der Waals surface area (Å²) in [6.45, 7) is 7.53. The van der Waals surface area contributed by atoms with Crippen LogP contribution in [0.25, 0.3) is 10.9 Å². The van der Waals surface area contributed by atoms with Crippen LogP contribution in [0.4, 0.5) is 0 Å². The van der Waals surface area contributed by atoms with E-state index in [0.717, 1.165) is 59.1 Å². The van der Waals surface area contributed by atoms with E-state index in [-0.39, 0.29) is 18.2 Å². The molecule has 1 saturated carbocycles. The number of pyridine rings is 1. The van der Waals surface area contributed by atoms with E-state index in [1.807, 2.05) is 17.7 Å². The number of benzene rings is 1. The second-order valence-electron chi connectivity index (χ2n) is 9.72. The molecule has 1 atom stereocenters. The number of rotatable bonds is 10. The Kier molecular flexibility index (Phi) is 8.11. The van der Waals surface area contributed by atoms with Gasteiger partial charge in [-0.05, 0) is 72.5 Å². The molecule has 2 N–H and O–H groups in total. The van der Waals surface area contributed by atoms with Gasteiger partial charge in [-0.15, -0.1) is 5.10 Å². The highest BCUT2D eigenvalue weighted by Gasteiger charge is 2.29. The molecular formula is C26H38N6O2. The largest absolute Gasteiger partial charge is 0.396 e. The maximum absolute atomic E-state index is 13.1. The first kappa shape index (κ1) is 24.5. The van der Waals surface area contributed by atoms with Crippen molar-refractivity contribution in [2.45, 2.75) is 90.8 Å². The van der Waals surface area contributed by atoms with E-state index in [9.17, 15) is 9.90 Å².